The van der Waals surface area contributed by atoms with Crippen molar-refractivity contribution < 1.29 is 9.53 Å². The number of aliphatic imine (C=N–C) groups is 2. The van der Waals surface area contributed by atoms with Gasteiger partial charge in [-0.3, -0.25) is 4.99 Å². The van der Waals surface area contributed by atoms with E-state index in [2.05, 4.69) is 32.8 Å². The molecule has 0 bridgehead atoms. The van der Waals surface area contributed by atoms with Crippen LogP contribution in [0, 0.1) is 0 Å². The number of ether oxygens (including phenoxy) is 1. The fourth-order valence-electron chi connectivity index (χ4n) is 2.50. The van der Waals surface area contributed by atoms with Gasteiger partial charge in [0.25, 0.3) is 0 Å². The second kappa shape index (κ2) is 8.10. The third-order valence-electron chi connectivity index (χ3n) is 3.83. The van der Waals surface area contributed by atoms with Crippen molar-refractivity contribution in [2.24, 2.45) is 9.98 Å². The summed E-state index contributed by atoms with van der Waals surface area (Å²) in [6.45, 7) is 0.457. The number of benzene rings is 2. The van der Waals surface area contributed by atoms with Crippen molar-refractivity contribution in [3.05, 3.63) is 59.7 Å². The molecule has 1 aliphatic heterocycles. The normalized spacial score (nSPS) is 15.2. The van der Waals surface area contributed by atoms with Crippen LogP contribution in [0.3, 0.4) is 0 Å². The van der Waals surface area contributed by atoms with Gasteiger partial charge in [-0.1, -0.05) is 30.3 Å². The van der Waals surface area contributed by atoms with Crippen LogP contribution in [0.25, 0.3) is 0 Å². The molecule has 6 nitrogen and oxygen atoms in total. The molecule has 25 heavy (non-hydrogen) atoms. The Morgan fingerprint density at radius 3 is 2.68 bits per heavy atom. The van der Waals surface area contributed by atoms with E-state index in [-0.39, 0.29) is 12.1 Å². The average molecular weight is 336 g/mol. The van der Waals surface area contributed by atoms with Gasteiger partial charge >= 0.3 is 6.03 Å². The Balaban J connectivity index is 1.48. The summed E-state index contributed by atoms with van der Waals surface area (Å²) in [5, 5.41) is 5.63. The first kappa shape index (κ1) is 16.7. The molecular formula is C19H20N4O2. The zero-order chi connectivity index (χ0) is 17.5. The number of carbonyl (C=O) groups excluding carboxylic acids is 1. The number of anilines is 1. The maximum absolute atomic E-state index is 12.0. The van der Waals surface area contributed by atoms with Crippen LogP contribution in [0.1, 0.15) is 11.1 Å². The zero-order valence-corrected chi connectivity index (χ0v) is 14.0. The number of hydrogen-bond acceptors (Lipinski definition) is 4. The maximum atomic E-state index is 12.0. The molecule has 0 aliphatic carbocycles. The van der Waals surface area contributed by atoms with Gasteiger partial charge < -0.3 is 15.4 Å². The molecule has 0 saturated carbocycles. The standard InChI is InChI=1S/C19H20N4O2/c1-25-18-4-2-3-16(10-18)23-19(24)21-11-15-7-5-14(6-8-15)9-17-12-20-13-22-17/h2-8,10,12-13,17H,9,11H2,1H3,(H2,21,23,24). The van der Waals surface area contributed by atoms with Gasteiger partial charge in [0.05, 0.1) is 13.2 Å². The van der Waals surface area contributed by atoms with Crippen molar-refractivity contribution in [2.45, 2.75) is 19.0 Å². The third kappa shape index (κ3) is 4.91. The Hall–Kier alpha value is -3.15. The summed E-state index contributed by atoms with van der Waals surface area (Å²) in [6.07, 6.45) is 4.27. The van der Waals surface area contributed by atoms with E-state index in [4.69, 9.17) is 4.74 Å². The van der Waals surface area contributed by atoms with E-state index in [0.717, 1.165) is 12.0 Å². The van der Waals surface area contributed by atoms with E-state index in [1.807, 2.05) is 36.5 Å². The number of methoxy groups -OCH3 is 1. The van der Waals surface area contributed by atoms with E-state index in [1.165, 1.54) is 5.56 Å². The topological polar surface area (TPSA) is 75.1 Å². The first-order chi connectivity index (χ1) is 12.2. The van der Waals surface area contributed by atoms with Crippen molar-refractivity contribution in [2.75, 3.05) is 12.4 Å². The van der Waals surface area contributed by atoms with Gasteiger partial charge in [-0.2, -0.15) is 0 Å². The van der Waals surface area contributed by atoms with Crippen molar-refractivity contribution in [3.8, 4) is 5.75 Å². The van der Waals surface area contributed by atoms with Gasteiger partial charge in [0.2, 0.25) is 0 Å². The number of hydrogen-bond donors (Lipinski definition) is 2. The highest BCUT2D eigenvalue weighted by molar-refractivity contribution is 5.89. The molecule has 2 aromatic rings. The van der Waals surface area contributed by atoms with Crippen LogP contribution in [0.2, 0.25) is 0 Å². The Labute approximate surface area is 146 Å². The molecule has 1 heterocycles. The maximum Gasteiger partial charge on any atom is 0.319 e. The lowest BCUT2D eigenvalue weighted by molar-refractivity contribution is 0.251. The van der Waals surface area contributed by atoms with Crippen molar-refractivity contribution in [1.29, 1.82) is 0 Å². The molecule has 3 rings (SSSR count). The van der Waals surface area contributed by atoms with E-state index in [1.54, 1.807) is 19.5 Å². The molecule has 0 saturated heterocycles. The molecule has 1 aliphatic rings. The molecule has 128 valence electrons. The second-order valence-corrected chi connectivity index (χ2v) is 5.69. The molecule has 1 atom stereocenters. The lowest BCUT2D eigenvalue weighted by Crippen LogP contribution is -2.28. The summed E-state index contributed by atoms with van der Waals surface area (Å²) in [7, 11) is 1.59. The van der Waals surface area contributed by atoms with Crippen LogP contribution in [-0.2, 0) is 13.0 Å². The summed E-state index contributed by atoms with van der Waals surface area (Å²) in [5.74, 6) is 0.699. The van der Waals surface area contributed by atoms with Crippen LogP contribution < -0.4 is 15.4 Å². The Kier molecular flexibility index (Phi) is 5.41. The van der Waals surface area contributed by atoms with Crippen LogP contribution in [0.4, 0.5) is 10.5 Å². The predicted molar refractivity (Wildman–Crippen MR) is 99.8 cm³/mol. The fourth-order valence-corrected chi connectivity index (χ4v) is 2.50. The lowest BCUT2D eigenvalue weighted by Gasteiger charge is -2.09. The lowest BCUT2D eigenvalue weighted by atomic mass is 10.1. The zero-order valence-electron chi connectivity index (χ0n) is 14.0. The minimum absolute atomic E-state index is 0.137. The molecule has 6 heteroatoms. The fraction of sp³-hybridized carbons (Fsp3) is 0.211. The molecular weight excluding hydrogens is 316 g/mol. The van der Waals surface area contributed by atoms with Crippen molar-refractivity contribution >= 4 is 24.3 Å². The number of nitrogens with zero attached hydrogens (tertiary/aromatic N) is 2. The van der Waals surface area contributed by atoms with E-state index in [9.17, 15) is 4.79 Å². The van der Waals surface area contributed by atoms with Crippen LogP contribution in [-0.4, -0.2) is 31.7 Å². The van der Waals surface area contributed by atoms with Gasteiger partial charge in [0, 0.05) is 24.5 Å². The number of urea groups is 1. The molecule has 0 radical (unpaired) electrons. The van der Waals surface area contributed by atoms with Crippen molar-refractivity contribution in [1.82, 2.24) is 5.32 Å². The van der Waals surface area contributed by atoms with Gasteiger partial charge in [-0.05, 0) is 29.7 Å². The first-order valence-corrected chi connectivity index (χ1v) is 8.04. The molecule has 2 N–H and O–H groups in total. The number of carbonyl (C=O) groups is 1. The largest absolute Gasteiger partial charge is 0.497 e. The van der Waals surface area contributed by atoms with Crippen LogP contribution >= 0.6 is 0 Å². The average Bonchev–Trinajstić information content (AvgIpc) is 3.14. The molecule has 2 amide bonds. The van der Waals surface area contributed by atoms with Gasteiger partial charge in [-0.25, -0.2) is 9.79 Å². The number of nitrogens with one attached hydrogen (secondary N) is 2. The minimum Gasteiger partial charge on any atom is -0.497 e. The SMILES string of the molecule is COc1cccc(NC(=O)NCc2ccc(CC3C=NC=N3)cc2)c1. The third-order valence-corrected chi connectivity index (χ3v) is 3.83. The highest BCUT2D eigenvalue weighted by Gasteiger charge is 2.08. The monoisotopic (exact) mass is 336 g/mol. The summed E-state index contributed by atoms with van der Waals surface area (Å²) in [5.41, 5.74) is 2.92. The van der Waals surface area contributed by atoms with Crippen LogP contribution in [0.5, 0.6) is 5.75 Å². The molecule has 2 aromatic carbocycles. The quantitative estimate of drug-likeness (QED) is 0.851. The van der Waals surface area contributed by atoms with Gasteiger partial charge in [-0.15, -0.1) is 0 Å². The molecule has 1 unspecified atom stereocenters. The van der Waals surface area contributed by atoms with E-state index < -0.39 is 0 Å². The molecule has 0 spiro atoms. The highest BCUT2D eigenvalue weighted by atomic mass is 16.5. The van der Waals surface area contributed by atoms with Crippen LogP contribution in [0.15, 0.2) is 58.5 Å². The van der Waals surface area contributed by atoms with E-state index >= 15 is 0 Å². The van der Waals surface area contributed by atoms with Crippen molar-refractivity contribution in [3.63, 3.8) is 0 Å². The Morgan fingerprint density at radius 1 is 1.16 bits per heavy atom. The predicted octanol–water partition coefficient (Wildman–Crippen LogP) is 3.04. The van der Waals surface area contributed by atoms with Gasteiger partial charge in [0.15, 0.2) is 0 Å². The minimum atomic E-state index is -0.256. The van der Waals surface area contributed by atoms with E-state index in [0.29, 0.717) is 18.0 Å². The Bertz CT molecular complexity index is 772. The smallest absolute Gasteiger partial charge is 0.319 e. The summed E-state index contributed by atoms with van der Waals surface area (Å²) in [4.78, 5) is 20.2. The Morgan fingerprint density at radius 2 is 1.96 bits per heavy atom. The second-order valence-electron chi connectivity index (χ2n) is 5.69. The van der Waals surface area contributed by atoms with Gasteiger partial charge in [0.1, 0.15) is 12.1 Å². The molecule has 0 fully saturated rings. The summed E-state index contributed by atoms with van der Waals surface area (Å²) < 4.78 is 5.14. The highest BCUT2D eigenvalue weighted by Crippen LogP contribution is 2.16. The number of rotatable bonds is 6. The number of amides is 2. The molecule has 0 aromatic heterocycles. The summed E-state index contributed by atoms with van der Waals surface area (Å²) in [6, 6.07) is 15.2. The first-order valence-electron chi connectivity index (χ1n) is 8.04. The summed E-state index contributed by atoms with van der Waals surface area (Å²) >= 11 is 0.